The van der Waals surface area contributed by atoms with Gasteiger partial charge in [-0.1, -0.05) is 0 Å². The third-order valence-corrected chi connectivity index (χ3v) is 25.1. The zero-order chi connectivity index (χ0) is 103. The molecule has 0 aromatic carbocycles. The van der Waals surface area contributed by atoms with Crippen LogP contribution in [0, 0.1) is 0 Å². The van der Waals surface area contributed by atoms with Crippen molar-refractivity contribution in [2.45, 2.75) is 305 Å². The van der Waals surface area contributed by atoms with Crippen LogP contribution in [0.3, 0.4) is 0 Å². The Morgan fingerprint density at radius 3 is 0.347 bits per heavy atom. The first-order chi connectivity index (χ1) is 65.7. The molecule has 35 atom stereocenters. The van der Waals surface area contributed by atoms with Crippen molar-refractivity contribution >= 4 is 72.8 Å². The van der Waals surface area contributed by atoms with Gasteiger partial charge >= 0.3 is 207 Å². The second-order valence-electron chi connectivity index (χ2n) is 32.5. The van der Waals surface area contributed by atoms with Crippen LogP contribution in [0.5, 0.6) is 0 Å². The van der Waals surface area contributed by atoms with E-state index in [0.717, 1.165) is 0 Å². The van der Waals surface area contributed by atoms with Gasteiger partial charge in [-0.3, -0.25) is 29.3 Å². The molecule has 147 heavy (non-hydrogen) atoms. The Morgan fingerprint density at radius 1 is 0.156 bits per heavy atom. The monoisotopic (exact) mass is 2350 g/mol. The maximum absolute atomic E-state index is 12.4. The molecule has 21 heterocycles. The fraction of sp³-hybridized carbons (Fsp3) is 1.00. The van der Waals surface area contributed by atoms with Crippen molar-refractivity contribution in [2.24, 2.45) is 0 Å². The SMILES string of the molecule is O=S(=O)([O-])OCCCCOC[C@H]1O[C@@H]2O[C@H]3[C@H](O)[C@@H](O)[C@@H](O[C@H]4[C@H](O)[C@@H](O)[C@@H](O[C@H]5[C@H](O)[C@@H](O)[C@@H](O[C@H]6[C@H](O)[C@@H](O)[C@@H](O[C@H]7[C@H](O)[C@@H](O)[C@@H](O[C@H]8[C@H](O)[C@@H](O)[C@@H](O[C@H]1[C@H](O)[C@H]2O)O[C@@H]8COCCCCOS(=O)(=O)[O-])O[C@@H]7COCCCCOS(=O)(=O)[O-])O[C@@H]6COCCCCOS(=O)(=O)[O-])O[C@@H]5COCCCCOS(=O)(=O)[O-])O[C@@H]4COCCCCOS(=O)(=O)[O-])O[C@@H]3COCCCCOS(=O)(=O)[O-].[Na+].[Na+].[Na+].[Na+].[Na+].[Na+].[Na+]. The molecule has 0 amide bonds. The first-order valence-corrected chi connectivity index (χ1v) is 53.0. The minimum Gasteiger partial charge on any atom is -0.726 e. The van der Waals surface area contributed by atoms with E-state index in [-0.39, 0.29) is 297 Å². The molecular weight excluding hydrogens is 2230 g/mol. The zero-order valence-corrected chi connectivity index (χ0v) is 101. The molecule has 21 rings (SSSR count). The number of hydrogen-bond donors (Lipinski definition) is 14. The second-order valence-corrected chi connectivity index (χ2v) is 39.8. The quantitative estimate of drug-likeness (QED) is 0.0116. The van der Waals surface area contributed by atoms with Crippen molar-refractivity contribution in [3.05, 3.63) is 0 Å². The van der Waals surface area contributed by atoms with Crippen LogP contribution < -0.4 is 207 Å². The van der Waals surface area contributed by atoms with E-state index < -0.39 is 426 Å². The third kappa shape index (κ3) is 53.4. The Labute approximate surface area is 1000 Å². The summed E-state index contributed by atoms with van der Waals surface area (Å²) in [5.41, 5.74) is 0. The summed E-state index contributed by atoms with van der Waals surface area (Å²) >= 11 is 0. The molecule has 77 heteroatoms. The third-order valence-electron chi connectivity index (χ3n) is 21.9. The van der Waals surface area contributed by atoms with Crippen molar-refractivity contribution in [2.75, 3.05) is 139 Å². The number of unbranched alkanes of at least 4 members (excludes halogenated alkanes) is 7. The number of rotatable bonds is 56. The van der Waals surface area contributed by atoms with E-state index in [2.05, 4.69) is 29.3 Å². The molecule has 0 radical (unpaired) electrons. The number of hydrogen-bond acceptors (Lipinski definition) is 63. The van der Waals surface area contributed by atoms with E-state index in [9.17, 15) is 162 Å². The summed E-state index contributed by atoms with van der Waals surface area (Å²) in [5.74, 6) is 0. The molecule has 0 saturated carbocycles. The molecule has 21 saturated heterocycles. The van der Waals surface area contributed by atoms with E-state index >= 15 is 0 Å². The standard InChI is InChI=1S/C70H126O63S7.7Na/c71-43-50(78)64-120-36(29-106-15-1-8-22-113-134(85,86)87)57(43)127-65-51(79)44(72)59(38(121-65)31-108-17-3-10-24-115-136(91,92)93)129-67-53(81)46(74)61(40(123-67)33-110-19-5-12-26-117-138(97,98)99)131-69-55(83)48(76)63(42(125-69)35-112-21-7-14-28-119-140(103,104)105)133-70-56(84)49(77)62(41(126-70)34-111-20-6-13-27-118-139(100,101)102)132-68-54(82)47(75)60(39(124-68)32-109-18-4-11-25-116-137(94,95)96)130-66-52(80)45(73)58(128-64)37(122-66)30-107-16-2-9-23-114-135(88,89)90;;;;;;;/h36-84H,1-35H2,(H,85,86,87)(H,88,89,90)(H,91,92,93)(H,94,95,96)(H,97,98,99)(H,100,101,102)(H,103,104,105);;;;;;;/q;7*+1/p-7/t36-,37-,38-,39-,40-,41-,42-,43-,44-,45-,46-,47-,48-,49-,50-,51-,52-,53-,54-,55-,56-,57-,58-,59-,60-,61-,62-,63-,64-,65-,66-,67-,68-,69-,70-;;;;;;;/m1......./s1. The van der Waals surface area contributed by atoms with E-state index in [4.69, 9.17) is 99.5 Å². The Bertz CT molecular complexity index is 3680. The molecule has 14 bridgehead atoms. The van der Waals surface area contributed by atoms with Crippen molar-refractivity contribution in [1.82, 2.24) is 0 Å². The smallest absolute Gasteiger partial charge is 0.726 e. The fourth-order valence-corrected chi connectivity index (χ4v) is 17.2. The summed E-state index contributed by atoms with van der Waals surface area (Å²) in [5, 5.41) is 172. The average molecular weight is 2350 g/mol. The molecule has 0 aliphatic carbocycles. The van der Waals surface area contributed by atoms with Crippen LogP contribution in [0.4, 0.5) is 0 Å². The van der Waals surface area contributed by atoms with Crippen LogP contribution in [0.25, 0.3) is 0 Å². The normalized spacial score (nSPS) is 34.9. The summed E-state index contributed by atoms with van der Waals surface area (Å²) < 4.78 is 393. The summed E-state index contributed by atoms with van der Waals surface area (Å²) in [6.07, 6.45) is -81.2. The first-order valence-electron chi connectivity index (χ1n) is 43.6. The van der Waals surface area contributed by atoms with Crippen LogP contribution in [0.2, 0.25) is 0 Å². The van der Waals surface area contributed by atoms with Crippen molar-refractivity contribution in [3.8, 4) is 0 Å². The van der Waals surface area contributed by atoms with Crippen molar-refractivity contribution in [1.29, 1.82) is 0 Å². The van der Waals surface area contributed by atoms with Crippen LogP contribution in [-0.4, -0.2) is 516 Å². The topological polar surface area (TPSA) is 942 Å². The van der Waals surface area contributed by atoms with Gasteiger partial charge in [0.15, 0.2) is 44.0 Å². The minimum absolute atomic E-state index is 0. The molecule has 0 unspecified atom stereocenters. The molecule has 826 valence electrons. The Morgan fingerprint density at radius 2 is 0.252 bits per heavy atom. The maximum Gasteiger partial charge on any atom is 1.00 e. The molecule has 21 aliphatic heterocycles. The van der Waals surface area contributed by atoms with Gasteiger partial charge in [0.1, 0.15) is 171 Å². The molecule has 0 aromatic rings. The number of aliphatic hydroxyl groups excluding tert-OH is 14. The molecule has 21 aliphatic rings. The molecule has 0 aromatic heterocycles. The van der Waals surface area contributed by atoms with Gasteiger partial charge in [0.25, 0.3) is 0 Å². The summed E-state index contributed by atoms with van der Waals surface area (Å²) in [4.78, 5) is 0. The predicted octanol–water partition coefficient (Wildman–Crippen LogP) is -34.2. The molecule has 0 spiro atoms. The largest absolute Gasteiger partial charge is 1.00 e. The van der Waals surface area contributed by atoms with Crippen LogP contribution in [-0.2, 0) is 202 Å². The molecule has 63 nitrogen and oxygen atoms in total. The number of ether oxygens (including phenoxy) is 21. The van der Waals surface area contributed by atoms with Gasteiger partial charge in [-0.2, -0.15) is 0 Å². The van der Waals surface area contributed by atoms with Crippen molar-refractivity contribution < 1.29 is 498 Å². The summed E-state index contributed by atoms with van der Waals surface area (Å²) in [7, 11) is -36.4. The van der Waals surface area contributed by atoms with Crippen LogP contribution >= 0.6 is 0 Å². The predicted molar refractivity (Wildman–Crippen MR) is 429 cm³/mol. The Hall–Kier alpha value is 4.69. The van der Waals surface area contributed by atoms with Crippen molar-refractivity contribution in [3.63, 3.8) is 0 Å². The summed E-state index contributed by atoms with van der Waals surface area (Å²) in [6, 6.07) is 0. The zero-order valence-electron chi connectivity index (χ0n) is 81.1. The minimum atomic E-state index is -5.19. The van der Waals surface area contributed by atoms with Crippen LogP contribution in [0.15, 0.2) is 0 Å². The fourth-order valence-electron chi connectivity index (χ4n) is 15.0. The maximum atomic E-state index is 12.4. The Balaban J connectivity index is 0.0000154. The van der Waals surface area contributed by atoms with E-state index in [1.807, 2.05) is 0 Å². The molecular formula is C70H119Na7O63S7. The van der Waals surface area contributed by atoms with E-state index in [1.165, 1.54) is 0 Å². The van der Waals surface area contributed by atoms with Gasteiger partial charge in [0.2, 0.25) is 72.8 Å². The van der Waals surface area contributed by atoms with Gasteiger partial charge < -0.3 is 203 Å². The van der Waals surface area contributed by atoms with E-state index in [1.54, 1.807) is 0 Å². The average Bonchev–Trinajstić information content (AvgIpc) is 0.984. The van der Waals surface area contributed by atoms with E-state index in [0.29, 0.717) is 0 Å². The molecule has 14 N–H and O–H groups in total. The van der Waals surface area contributed by atoms with Gasteiger partial charge in [-0.15, -0.1) is 0 Å². The van der Waals surface area contributed by atoms with Gasteiger partial charge in [-0.05, 0) is 89.9 Å². The van der Waals surface area contributed by atoms with Crippen LogP contribution in [0.1, 0.15) is 89.9 Å². The van der Waals surface area contributed by atoms with Gasteiger partial charge in [0.05, 0.1) is 92.5 Å². The Kier molecular flexibility index (Phi) is 74.6. The number of aliphatic hydroxyl groups is 14. The van der Waals surface area contributed by atoms with Gasteiger partial charge in [-0.25, -0.2) is 58.9 Å². The second kappa shape index (κ2) is 73.3. The van der Waals surface area contributed by atoms with Gasteiger partial charge in [0, 0.05) is 46.2 Å². The summed E-state index contributed by atoms with van der Waals surface area (Å²) in [6.45, 7) is -13.3. The molecule has 21 fully saturated rings. The first kappa shape index (κ1) is 150.